The first-order valence-electron chi connectivity index (χ1n) is 5.72. The lowest BCUT2D eigenvalue weighted by molar-refractivity contribution is -0.133. The zero-order valence-corrected chi connectivity index (χ0v) is 9.35. The molecule has 1 aliphatic rings. The van der Waals surface area contributed by atoms with Crippen molar-refractivity contribution in [1.82, 2.24) is 9.88 Å². The van der Waals surface area contributed by atoms with Crippen LogP contribution in [0.3, 0.4) is 0 Å². The summed E-state index contributed by atoms with van der Waals surface area (Å²) in [4.78, 5) is 17.8. The van der Waals surface area contributed by atoms with Gasteiger partial charge in [0.05, 0.1) is 12.2 Å². The lowest BCUT2D eigenvalue weighted by Gasteiger charge is -2.26. The third-order valence-electron chi connectivity index (χ3n) is 2.97. The van der Waals surface area contributed by atoms with Gasteiger partial charge in [-0.25, -0.2) is 0 Å². The van der Waals surface area contributed by atoms with Crippen LogP contribution in [0.25, 0.3) is 0 Å². The lowest BCUT2D eigenvalue weighted by Crippen LogP contribution is -2.35. The van der Waals surface area contributed by atoms with E-state index in [1.807, 2.05) is 17.0 Å². The number of nitrogens with zero attached hydrogens (tertiary/aromatic N) is 2. The second kappa shape index (κ2) is 5.07. The van der Waals surface area contributed by atoms with Crippen molar-refractivity contribution in [3.05, 3.63) is 29.6 Å². The molecule has 2 rings (SSSR count). The molecule has 2 N–H and O–H groups in total. The first-order chi connectivity index (χ1) is 7.81. The fraction of sp³-hybridized carbons (Fsp3) is 0.500. The highest BCUT2D eigenvalue weighted by molar-refractivity contribution is 5.76. The predicted molar refractivity (Wildman–Crippen MR) is 61.4 cm³/mol. The van der Waals surface area contributed by atoms with Crippen molar-refractivity contribution in [2.75, 3.05) is 6.54 Å². The Balaban J connectivity index is 2.10. The lowest BCUT2D eigenvalue weighted by atomic mass is 10.1. The Morgan fingerprint density at radius 2 is 2.31 bits per heavy atom. The van der Waals surface area contributed by atoms with E-state index in [4.69, 9.17) is 5.73 Å². The summed E-state index contributed by atoms with van der Waals surface area (Å²) >= 11 is 0. The van der Waals surface area contributed by atoms with Crippen LogP contribution in [0.2, 0.25) is 0 Å². The smallest absolute Gasteiger partial charge is 0.222 e. The highest BCUT2D eigenvalue weighted by Gasteiger charge is 2.19. The van der Waals surface area contributed by atoms with Gasteiger partial charge in [-0.05, 0) is 24.5 Å². The van der Waals surface area contributed by atoms with E-state index in [9.17, 15) is 4.79 Å². The molecule has 0 atom stereocenters. The zero-order chi connectivity index (χ0) is 11.4. The molecule has 4 nitrogen and oxygen atoms in total. The topological polar surface area (TPSA) is 59.2 Å². The molecule has 86 valence electrons. The number of amides is 1. The third-order valence-corrected chi connectivity index (χ3v) is 2.97. The fourth-order valence-electron chi connectivity index (χ4n) is 2.01. The number of carbonyl (C=O) groups excluding carboxylic acids is 1. The molecule has 0 radical (unpaired) electrons. The maximum absolute atomic E-state index is 11.7. The van der Waals surface area contributed by atoms with Gasteiger partial charge in [-0.1, -0.05) is 6.07 Å². The minimum absolute atomic E-state index is 0.236. The molecule has 1 aromatic heterocycles. The van der Waals surface area contributed by atoms with E-state index in [0.717, 1.165) is 30.6 Å². The minimum atomic E-state index is 0.236. The molecule has 0 bridgehead atoms. The molecule has 16 heavy (non-hydrogen) atoms. The standard InChI is InChI=1S/C12H17N3O/c13-8-10-4-3-6-14-11(10)9-15-7-2-1-5-12(15)16/h3-4,6H,1-2,5,7-9,13H2. The second-order valence-electron chi connectivity index (χ2n) is 4.09. The van der Waals surface area contributed by atoms with E-state index in [2.05, 4.69) is 4.98 Å². The molecule has 1 aliphatic heterocycles. The van der Waals surface area contributed by atoms with Crippen LogP contribution in [-0.2, 0) is 17.9 Å². The molecular weight excluding hydrogens is 202 g/mol. The number of carbonyl (C=O) groups is 1. The summed E-state index contributed by atoms with van der Waals surface area (Å²) in [7, 11) is 0. The van der Waals surface area contributed by atoms with Crippen molar-refractivity contribution in [2.45, 2.75) is 32.4 Å². The van der Waals surface area contributed by atoms with E-state index in [0.29, 0.717) is 19.5 Å². The van der Waals surface area contributed by atoms with Gasteiger partial charge in [-0.15, -0.1) is 0 Å². The number of hydrogen-bond acceptors (Lipinski definition) is 3. The predicted octanol–water partition coefficient (Wildman–Crippen LogP) is 1.05. The summed E-state index contributed by atoms with van der Waals surface area (Å²) in [5.74, 6) is 0.236. The van der Waals surface area contributed by atoms with Crippen molar-refractivity contribution in [1.29, 1.82) is 0 Å². The molecule has 0 saturated carbocycles. The van der Waals surface area contributed by atoms with Crippen LogP contribution < -0.4 is 5.73 Å². The summed E-state index contributed by atoms with van der Waals surface area (Å²) < 4.78 is 0. The number of piperidine rings is 1. The maximum Gasteiger partial charge on any atom is 0.222 e. The average molecular weight is 219 g/mol. The number of nitrogens with two attached hydrogens (primary N) is 1. The summed E-state index contributed by atoms with van der Waals surface area (Å²) in [6.07, 6.45) is 4.53. The summed E-state index contributed by atoms with van der Waals surface area (Å²) in [6.45, 7) is 1.93. The molecule has 0 unspecified atom stereocenters. The van der Waals surface area contributed by atoms with Crippen LogP contribution in [-0.4, -0.2) is 22.3 Å². The molecule has 0 spiro atoms. The van der Waals surface area contributed by atoms with Crippen molar-refractivity contribution in [3.63, 3.8) is 0 Å². The highest BCUT2D eigenvalue weighted by Crippen LogP contribution is 2.15. The van der Waals surface area contributed by atoms with Crippen molar-refractivity contribution < 1.29 is 4.79 Å². The van der Waals surface area contributed by atoms with E-state index in [1.54, 1.807) is 6.20 Å². The Hall–Kier alpha value is -1.42. The number of hydrogen-bond donors (Lipinski definition) is 1. The average Bonchev–Trinajstić information content (AvgIpc) is 2.33. The molecule has 1 fully saturated rings. The Morgan fingerprint density at radius 3 is 3.06 bits per heavy atom. The number of pyridine rings is 1. The van der Waals surface area contributed by atoms with Crippen LogP contribution in [0, 0.1) is 0 Å². The summed E-state index contributed by atoms with van der Waals surface area (Å²) in [5.41, 5.74) is 7.61. The van der Waals surface area contributed by atoms with E-state index in [1.165, 1.54) is 0 Å². The van der Waals surface area contributed by atoms with Crippen LogP contribution in [0.1, 0.15) is 30.5 Å². The van der Waals surface area contributed by atoms with Crippen LogP contribution in [0.5, 0.6) is 0 Å². The zero-order valence-electron chi connectivity index (χ0n) is 9.35. The molecule has 1 amide bonds. The van der Waals surface area contributed by atoms with Gasteiger partial charge in [-0.2, -0.15) is 0 Å². The largest absolute Gasteiger partial charge is 0.337 e. The van der Waals surface area contributed by atoms with Gasteiger partial charge in [0.25, 0.3) is 0 Å². The van der Waals surface area contributed by atoms with Gasteiger partial charge in [0.2, 0.25) is 5.91 Å². The van der Waals surface area contributed by atoms with Crippen LogP contribution >= 0.6 is 0 Å². The van der Waals surface area contributed by atoms with Gasteiger partial charge in [0, 0.05) is 25.7 Å². The number of rotatable bonds is 3. The number of aromatic nitrogens is 1. The van der Waals surface area contributed by atoms with E-state index in [-0.39, 0.29) is 5.91 Å². The quantitative estimate of drug-likeness (QED) is 0.826. The highest BCUT2D eigenvalue weighted by atomic mass is 16.2. The summed E-state index contributed by atoms with van der Waals surface area (Å²) in [6, 6.07) is 3.85. The second-order valence-corrected chi connectivity index (χ2v) is 4.09. The monoisotopic (exact) mass is 219 g/mol. The van der Waals surface area contributed by atoms with E-state index < -0.39 is 0 Å². The first kappa shape index (κ1) is 11.1. The van der Waals surface area contributed by atoms with Gasteiger partial charge >= 0.3 is 0 Å². The van der Waals surface area contributed by atoms with Crippen molar-refractivity contribution in [3.8, 4) is 0 Å². The van der Waals surface area contributed by atoms with E-state index >= 15 is 0 Å². The maximum atomic E-state index is 11.7. The fourth-order valence-corrected chi connectivity index (χ4v) is 2.01. The Bertz CT molecular complexity index is 378. The number of likely N-dealkylation sites (tertiary alicyclic amines) is 1. The first-order valence-corrected chi connectivity index (χ1v) is 5.72. The third kappa shape index (κ3) is 2.39. The SMILES string of the molecule is NCc1cccnc1CN1CCCCC1=O. The van der Waals surface area contributed by atoms with Gasteiger partial charge < -0.3 is 10.6 Å². The molecule has 4 heteroatoms. The molecule has 0 aliphatic carbocycles. The molecule has 0 aromatic carbocycles. The Kier molecular flexibility index (Phi) is 3.51. The Labute approximate surface area is 95.5 Å². The van der Waals surface area contributed by atoms with Crippen molar-refractivity contribution >= 4 is 5.91 Å². The normalized spacial score (nSPS) is 16.6. The van der Waals surface area contributed by atoms with Gasteiger partial charge in [-0.3, -0.25) is 9.78 Å². The molecular formula is C12H17N3O. The molecule has 1 saturated heterocycles. The van der Waals surface area contributed by atoms with Gasteiger partial charge in [0.15, 0.2) is 0 Å². The van der Waals surface area contributed by atoms with Crippen LogP contribution in [0.15, 0.2) is 18.3 Å². The van der Waals surface area contributed by atoms with Crippen molar-refractivity contribution in [2.24, 2.45) is 5.73 Å². The minimum Gasteiger partial charge on any atom is -0.337 e. The summed E-state index contributed by atoms with van der Waals surface area (Å²) in [5, 5.41) is 0. The van der Waals surface area contributed by atoms with Gasteiger partial charge in [0.1, 0.15) is 0 Å². The molecule has 2 heterocycles. The molecule has 1 aromatic rings. The van der Waals surface area contributed by atoms with Crippen LogP contribution in [0.4, 0.5) is 0 Å². The Morgan fingerprint density at radius 1 is 1.44 bits per heavy atom.